The minimum atomic E-state index is -1.21. The fourth-order valence-electron chi connectivity index (χ4n) is 2.67. The predicted octanol–water partition coefficient (Wildman–Crippen LogP) is -2.52. The molecule has 1 aromatic rings. The largest absolute Gasteiger partial charge is 0.481 e. The van der Waals surface area contributed by atoms with Gasteiger partial charge in [0.15, 0.2) is 5.13 Å². The molecule has 0 bridgehead atoms. The van der Waals surface area contributed by atoms with E-state index < -0.39 is 41.6 Å². The van der Waals surface area contributed by atoms with Gasteiger partial charge in [-0.25, -0.2) is 9.78 Å². The van der Waals surface area contributed by atoms with E-state index in [1.54, 1.807) is 0 Å². The molecule has 0 radical (unpaired) electrons. The standard InChI is InChI=1S/C15H14N4O6S2.3H2O/c16-15-17-7(5-27-15)6(1-2-9(20)21)11(22)18-10-12(23)19-8(14(24)25)3-4-26-13(10)19;;;/h1,3,5,10,13H,2,4H2,(H2,16,17)(H,18,22)(H,20,21)(H,24,25);3*1H2/b6-1-;;;/t10?,13-;;;/m1.../s1. The van der Waals surface area contributed by atoms with Crippen LogP contribution in [0.4, 0.5) is 5.13 Å². The van der Waals surface area contributed by atoms with Crippen LogP contribution in [0.2, 0.25) is 0 Å². The number of thiazole rings is 1. The molecule has 0 aromatic carbocycles. The Bertz CT molecular complexity index is 898. The Balaban J connectivity index is 0.00000280. The number of nitrogens with two attached hydrogens (primary N) is 1. The van der Waals surface area contributed by atoms with Gasteiger partial charge < -0.3 is 37.7 Å². The molecule has 11 N–H and O–H groups in total. The van der Waals surface area contributed by atoms with E-state index in [0.29, 0.717) is 5.75 Å². The summed E-state index contributed by atoms with van der Waals surface area (Å²) < 4.78 is 0. The lowest BCUT2D eigenvalue weighted by Crippen LogP contribution is -2.70. The maximum Gasteiger partial charge on any atom is 0.352 e. The maximum absolute atomic E-state index is 12.6. The molecule has 2 amide bonds. The van der Waals surface area contributed by atoms with Crippen LogP contribution < -0.4 is 11.1 Å². The third-order valence-electron chi connectivity index (χ3n) is 3.88. The van der Waals surface area contributed by atoms with Gasteiger partial charge in [0.05, 0.1) is 17.7 Å². The summed E-state index contributed by atoms with van der Waals surface area (Å²) in [6, 6.07) is -0.908. The SMILES string of the molecule is Nc1nc(/C(=C/CC(=O)O)C(=O)NC2C(=O)N3C(C(=O)O)=CCS[C@H]23)cs1.O.O.O. The van der Waals surface area contributed by atoms with E-state index in [1.807, 2.05) is 0 Å². The van der Waals surface area contributed by atoms with Crippen LogP contribution in [0.1, 0.15) is 12.1 Å². The van der Waals surface area contributed by atoms with Gasteiger partial charge in [0.2, 0.25) is 0 Å². The molecule has 3 rings (SSSR count). The predicted molar refractivity (Wildman–Crippen MR) is 108 cm³/mol. The number of nitrogens with one attached hydrogen (secondary N) is 1. The fourth-order valence-corrected chi connectivity index (χ4v) is 4.43. The summed E-state index contributed by atoms with van der Waals surface area (Å²) >= 11 is 2.41. The van der Waals surface area contributed by atoms with E-state index in [9.17, 15) is 19.2 Å². The van der Waals surface area contributed by atoms with Crippen molar-refractivity contribution in [2.45, 2.75) is 17.8 Å². The number of hydrogen-bond donors (Lipinski definition) is 4. The molecule has 1 unspecified atom stereocenters. The number of nitrogens with zero attached hydrogens (tertiary/aromatic N) is 2. The number of carboxylic acids is 2. The van der Waals surface area contributed by atoms with Gasteiger partial charge in [-0.05, 0) is 6.08 Å². The van der Waals surface area contributed by atoms with E-state index in [1.165, 1.54) is 29.3 Å². The van der Waals surface area contributed by atoms with Crippen molar-refractivity contribution in [3.63, 3.8) is 0 Å². The number of carbonyl (C=O) groups is 4. The monoisotopic (exact) mass is 464 g/mol. The summed E-state index contributed by atoms with van der Waals surface area (Å²) in [7, 11) is 0. The van der Waals surface area contributed by atoms with Gasteiger partial charge in [-0.15, -0.1) is 23.1 Å². The lowest BCUT2D eigenvalue weighted by molar-refractivity contribution is -0.150. The third kappa shape index (κ3) is 5.14. The normalized spacial score (nSPS) is 19.6. The maximum atomic E-state index is 12.6. The van der Waals surface area contributed by atoms with Gasteiger partial charge in [0.1, 0.15) is 17.1 Å². The van der Waals surface area contributed by atoms with Crippen molar-refractivity contribution in [3.05, 3.63) is 28.9 Å². The van der Waals surface area contributed by atoms with Crippen LogP contribution in [-0.4, -0.2) is 77.4 Å². The second kappa shape index (κ2) is 10.7. The number of carboxylic acid groups (broad SMARTS) is 2. The molecule has 2 aliphatic heterocycles. The summed E-state index contributed by atoms with van der Waals surface area (Å²) in [5, 5.41) is 21.8. The number of aliphatic carboxylic acids is 2. The number of hydrogen-bond acceptors (Lipinski definition) is 8. The molecule has 15 heteroatoms. The quantitative estimate of drug-likeness (QED) is 0.255. The molecule has 0 aliphatic carbocycles. The Morgan fingerprint density at radius 2 is 1.97 bits per heavy atom. The topological polar surface area (TPSA) is 257 Å². The Kier molecular flexibility index (Phi) is 9.64. The number of thioether (sulfide) groups is 1. The molecule has 2 aliphatic rings. The second-order valence-electron chi connectivity index (χ2n) is 5.56. The van der Waals surface area contributed by atoms with Crippen molar-refractivity contribution in [1.29, 1.82) is 0 Å². The minimum Gasteiger partial charge on any atom is -0.481 e. The Labute approximate surface area is 177 Å². The zero-order chi connectivity index (χ0) is 19.7. The molecule has 30 heavy (non-hydrogen) atoms. The average Bonchev–Trinajstić information content (AvgIpc) is 3.04. The Hall–Kier alpha value is -2.98. The Morgan fingerprint density at radius 3 is 2.50 bits per heavy atom. The summed E-state index contributed by atoms with van der Waals surface area (Å²) in [4.78, 5) is 52.1. The molecule has 13 nitrogen and oxygen atoms in total. The zero-order valence-electron chi connectivity index (χ0n) is 15.1. The highest BCUT2D eigenvalue weighted by Crippen LogP contribution is 2.37. The van der Waals surface area contributed by atoms with Gasteiger partial charge in [0, 0.05) is 11.1 Å². The van der Waals surface area contributed by atoms with Crippen LogP contribution in [0.5, 0.6) is 0 Å². The van der Waals surface area contributed by atoms with E-state index >= 15 is 0 Å². The number of anilines is 1. The van der Waals surface area contributed by atoms with Crippen LogP contribution in [0.3, 0.4) is 0 Å². The second-order valence-corrected chi connectivity index (χ2v) is 7.60. The van der Waals surface area contributed by atoms with Crippen LogP contribution in [0.15, 0.2) is 23.2 Å². The molecule has 3 heterocycles. The molecular formula is C15H20N4O9S2. The molecule has 2 atom stereocenters. The highest BCUT2D eigenvalue weighted by Gasteiger charge is 2.52. The molecule has 1 saturated heterocycles. The molecule has 0 spiro atoms. The van der Waals surface area contributed by atoms with Gasteiger partial charge in [0.25, 0.3) is 11.8 Å². The van der Waals surface area contributed by atoms with Gasteiger partial charge in [-0.3, -0.25) is 19.3 Å². The molecule has 166 valence electrons. The van der Waals surface area contributed by atoms with Crippen LogP contribution in [0.25, 0.3) is 5.57 Å². The first-order chi connectivity index (χ1) is 12.8. The minimum absolute atomic E-state index is 0. The van der Waals surface area contributed by atoms with Crippen molar-refractivity contribution >= 4 is 57.6 Å². The van der Waals surface area contributed by atoms with E-state index in [-0.39, 0.29) is 38.5 Å². The first-order valence-electron chi connectivity index (χ1n) is 7.62. The van der Waals surface area contributed by atoms with Gasteiger partial charge in [-0.2, -0.15) is 0 Å². The van der Waals surface area contributed by atoms with Crippen molar-refractivity contribution < 1.29 is 45.8 Å². The highest BCUT2D eigenvalue weighted by molar-refractivity contribution is 8.00. The number of carbonyl (C=O) groups excluding carboxylic acids is 2. The van der Waals surface area contributed by atoms with Crippen LogP contribution in [-0.2, 0) is 19.2 Å². The van der Waals surface area contributed by atoms with E-state index in [2.05, 4.69) is 10.3 Å². The zero-order valence-corrected chi connectivity index (χ0v) is 16.7. The lowest BCUT2D eigenvalue weighted by Gasteiger charge is -2.48. The number of nitrogen functional groups attached to an aromatic ring is 1. The number of β-lactam (4-membered cyclic amide) rings is 1. The Morgan fingerprint density at radius 1 is 1.30 bits per heavy atom. The number of rotatable bonds is 6. The molecule has 1 fully saturated rings. The van der Waals surface area contributed by atoms with Crippen molar-refractivity contribution in [2.75, 3.05) is 11.5 Å². The summed E-state index contributed by atoms with van der Waals surface area (Å²) in [6.07, 6.45) is 2.23. The number of amides is 2. The van der Waals surface area contributed by atoms with Crippen molar-refractivity contribution in [1.82, 2.24) is 15.2 Å². The summed E-state index contributed by atoms with van der Waals surface area (Å²) in [5.41, 5.74) is 5.66. The molecule has 0 saturated carbocycles. The first-order valence-corrected chi connectivity index (χ1v) is 9.54. The lowest BCUT2D eigenvalue weighted by atomic mass is 10.0. The van der Waals surface area contributed by atoms with E-state index in [0.717, 1.165) is 16.2 Å². The van der Waals surface area contributed by atoms with Gasteiger partial charge >= 0.3 is 11.9 Å². The van der Waals surface area contributed by atoms with E-state index in [4.69, 9.17) is 15.9 Å². The van der Waals surface area contributed by atoms with Crippen molar-refractivity contribution in [3.8, 4) is 0 Å². The van der Waals surface area contributed by atoms with Gasteiger partial charge in [-0.1, -0.05) is 6.08 Å². The molecular weight excluding hydrogens is 444 g/mol. The van der Waals surface area contributed by atoms with Crippen LogP contribution in [0, 0.1) is 0 Å². The fraction of sp³-hybridized carbons (Fsp3) is 0.267. The van der Waals surface area contributed by atoms with Crippen LogP contribution >= 0.6 is 23.1 Å². The first kappa shape index (κ1) is 27.0. The summed E-state index contributed by atoms with van der Waals surface area (Å²) in [5.74, 6) is -3.16. The highest BCUT2D eigenvalue weighted by atomic mass is 32.2. The summed E-state index contributed by atoms with van der Waals surface area (Å²) in [6.45, 7) is 0. The third-order valence-corrected chi connectivity index (χ3v) is 5.73. The van der Waals surface area contributed by atoms with Crippen molar-refractivity contribution in [2.24, 2.45) is 0 Å². The average molecular weight is 464 g/mol. The number of aromatic nitrogens is 1. The molecule has 1 aromatic heterocycles. The smallest absolute Gasteiger partial charge is 0.352 e. The number of fused-ring (bicyclic) bond motifs is 1.